The van der Waals surface area contributed by atoms with Crippen LogP contribution in [0.4, 0.5) is 13.2 Å². The van der Waals surface area contributed by atoms with Gasteiger partial charge in [0.05, 0.1) is 0 Å². The van der Waals surface area contributed by atoms with Gasteiger partial charge in [-0.05, 0) is 43.1 Å². The zero-order valence-corrected chi connectivity index (χ0v) is 11.7. The molecule has 1 aromatic carbocycles. The summed E-state index contributed by atoms with van der Waals surface area (Å²) in [5, 5.41) is 3.17. The molecule has 0 aliphatic rings. The summed E-state index contributed by atoms with van der Waals surface area (Å²) >= 11 is 0. The van der Waals surface area contributed by atoms with Gasteiger partial charge in [-0.25, -0.2) is 13.2 Å². The first-order chi connectivity index (χ1) is 10.1. The smallest absolute Gasteiger partial charge is 0.194 e. The fraction of sp³-hybridized carbons (Fsp3) is 0.312. The molecule has 0 aliphatic carbocycles. The van der Waals surface area contributed by atoms with E-state index in [1.807, 2.05) is 19.1 Å². The van der Waals surface area contributed by atoms with Gasteiger partial charge in [0.25, 0.3) is 0 Å². The molecule has 1 aromatic heterocycles. The Kier molecular flexibility index (Phi) is 5.33. The van der Waals surface area contributed by atoms with E-state index in [0.29, 0.717) is 13.0 Å². The highest BCUT2D eigenvalue weighted by Crippen LogP contribution is 2.24. The van der Waals surface area contributed by atoms with Gasteiger partial charge in [-0.3, -0.25) is 4.98 Å². The summed E-state index contributed by atoms with van der Waals surface area (Å²) in [6.07, 6.45) is 4.63. The molecule has 1 atom stereocenters. The number of rotatable bonds is 6. The van der Waals surface area contributed by atoms with Gasteiger partial charge in [-0.1, -0.05) is 13.0 Å². The lowest BCUT2D eigenvalue weighted by Crippen LogP contribution is -2.25. The molecule has 5 heteroatoms. The Balaban J connectivity index is 2.29. The number of benzene rings is 1. The van der Waals surface area contributed by atoms with Gasteiger partial charge in [-0.2, -0.15) is 0 Å². The Morgan fingerprint density at radius 1 is 1.05 bits per heavy atom. The molecule has 0 radical (unpaired) electrons. The molecule has 1 N–H and O–H groups in total. The quantitative estimate of drug-likeness (QED) is 0.820. The van der Waals surface area contributed by atoms with Crippen molar-refractivity contribution < 1.29 is 13.2 Å². The summed E-state index contributed by atoms with van der Waals surface area (Å²) in [7, 11) is 0. The van der Waals surface area contributed by atoms with Crippen molar-refractivity contribution in [1.29, 1.82) is 0 Å². The van der Waals surface area contributed by atoms with E-state index in [4.69, 9.17) is 0 Å². The first-order valence-electron chi connectivity index (χ1n) is 6.89. The topological polar surface area (TPSA) is 24.9 Å². The molecule has 0 fully saturated rings. The monoisotopic (exact) mass is 294 g/mol. The average Bonchev–Trinajstić information content (AvgIpc) is 2.51. The minimum atomic E-state index is -1.43. The average molecular weight is 294 g/mol. The van der Waals surface area contributed by atoms with E-state index < -0.39 is 23.5 Å². The minimum absolute atomic E-state index is 0.138. The van der Waals surface area contributed by atoms with E-state index in [1.165, 1.54) is 6.07 Å². The van der Waals surface area contributed by atoms with E-state index in [0.717, 1.165) is 18.1 Å². The lowest BCUT2D eigenvalue weighted by Gasteiger charge is -2.20. The van der Waals surface area contributed by atoms with Crippen LogP contribution in [0, 0.1) is 17.5 Å². The van der Waals surface area contributed by atoms with E-state index in [2.05, 4.69) is 10.3 Å². The highest BCUT2D eigenvalue weighted by Gasteiger charge is 2.20. The molecule has 1 unspecified atom stereocenters. The van der Waals surface area contributed by atoms with Gasteiger partial charge in [0.1, 0.15) is 0 Å². The third kappa shape index (κ3) is 3.82. The van der Waals surface area contributed by atoms with Crippen LogP contribution >= 0.6 is 0 Å². The van der Waals surface area contributed by atoms with Crippen molar-refractivity contribution in [3.05, 3.63) is 65.2 Å². The van der Waals surface area contributed by atoms with Crippen molar-refractivity contribution >= 4 is 0 Å². The third-order valence-corrected chi connectivity index (χ3v) is 3.27. The maximum Gasteiger partial charge on any atom is 0.194 e. The summed E-state index contributed by atoms with van der Waals surface area (Å²) in [5.74, 6) is -3.72. The number of hydrogen-bond donors (Lipinski definition) is 1. The second kappa shape index (κ2) is 7.22. The predicted molar refractivity (Wildman–Crippen MR) is 75.3 cm³/mol. The number of halogens is 3. The fourth-order valence-corrected chi connectivity index (χ4v) is 2.18. The van der Waals surface area contributed by atoms with Crippen LogP contribution in [-0.4, -0.2) is 11.5 Å². The van der Waals surface area contributed by atoms with Gasteiger partial charge >= 0.3 is 0 Å². The van der Waals surface area contributed by atoms with Crippen LogP contribution in [0.1, 0.15) is 30.5 Å². The number of hydrogen-bond acceptors (Lipinski definition) is 2. The highest BCUT2D eigenvalue weighted by molar-refractivity contribution is 5.26. The van der Waals surface area contributed by atoms with Gasteiger partial charge in [0, 0.05) is 24.0 Å². The van der Waals surface area contributed by atoms with E-state index in [9.17, 15) is 13.2 Å². The number of aromatic nitrogens is 1. The molecule has 112 valence electrons. The number of pyridine rings is 1. The van der Waals surface area contributed by atoms with Crippen molar-refractivity contribution in [3.63, 3.8) is 0 Å². The molecule has 0 saturated carbocycles. The van der Waals surface area contributed by atoms with Crippen molar-refractivity contribution in [2.24, 2.45) is 0 Å². The Labute approximate surface area is 122 Å². The summed E-state index contributed by atoms with van der Waals surface area (Å²) in [5.41, 5.74) is 1.09. The molecular formula is C16H17F3N2. The van der Waals surface area contributed by atoms with Gasteiger partial charge in [0.15, 0.2) is 17.5 Å². The summed E-state index contributed by atoms with van der Waals surface area (Å²) in [4.78, 5) is 3.93. The van der Waals surface area contributed by atoms with Gasteiger partial charge in [0.2, 0.25) is 0 Å². The van der Waals surface area contributed by atoms with Crippen LogP contribution < -0.4 is 5.32 Å². The summed E-state index contributed by atoms with van der Waals surface area (Å²) in [6, 6.07) is 5.47. The van der Waals surface area contributed by atoms with Crippen molar-refractivity contribution in [2.75, 3.05) is 6.54 Å². The zero-order chi connectivity index (χ0) is 15.2. The first-order valence-corrected chi connectivity index (χ1v) is 6.89. The second-order valence-electron chi connectivity index (χ2n) is 4.83. The molecule has 0 saturated heterocycles. The molecular weight excluding hydrogens is 277 g/mol. The van der Waals surface area contributed by atoms with Crippen molar-refractivity contribution in [2.45, 2.75) is 25.8 Å². The summed E-state index contributed by atoms with van der Waals surface area (Å²) in [6.45, 7) is 2.65. The minimum Gasteiger partial charge on any atom is -0.310 e. The highest BCUT2D eigenvalue weighted by atomic mass is 19.2. The van der Waals surface area contributed by atoms with Crippen LogP contribution in [0.3, 0.4) is 0 Å². The molecule has 2 aromatic rings. The normalized spacial score (nSPS) is 12.4. The molecule has 0 aliphatic heterocycles. The Morgan fingerprint density at radius 2 is 1.76 bits per heavy atom. The van der Waals surface area contributed by atoms with Gasteiger partial charge in [-0.15, -0.1) is 0 Å². The lowest BCUT2D eigenvalue weighted by atomic mass is 9.98. The second-order valence-corrected chi connectivity index (χ2v) is 4.83. The van der Waals surface area contributed by atoms with Crippen LogP contribution in [0.5, 0.6) is 0 Å². The maximum absolute atomic E-state index is 14.0. The molecule has 0 amide bonds. The molecule has 0 spiro atoms. The zero-order valence-electron chi connectivity index (χ0n) is 11.7. The molecule has 1 heterocycles. The Morgan fingerprint density at radius 3 is 2.43 bits per heavy atom. The number of nitrogens with one attached hydrogen (secondary N) is 1. The van der Waals surface area contributed by atoms with Crippen molar-refractivity contribution in [1.82, 2.24) is 10.3 Å². The third-order valence-electron chi connectivity index (χ3n) is 3.27. The summed E-state index contributed by atoms with van der Waals surface area (Å²) < 4.78 is 40.5. The number of nitrogens with zero attached hydrogens (tertiary/aromatic N) is 1. The lowest BCUT2D eigenvalue weighted by molar-refractivity contribution is 0.423. The van der Waals surface area contributed by atoms with E-state index in [-0.39, 0.29) is 5.56 Å². The Bertz CT molecular complexity index is 588. The van der Waals surface area contributed by atoms with E-state index in [1.54, 1.807) is 12.4 Å². The van der Waals surface area contributed by atoms with E-state index >= 15 is 0 Å². The van der Waals surface area contributed by atoms with Crippen LogP contribution in [0.15, 0.2) is 36.7 Å². The SMILES string of the molecule is CCCNC(Cc1ccncc1)c1ccc(F)c(F)c1F. The van der Waals surface area contributed by atoms with Crippen LogP contribution in [-0.2, 0) is 6.42 Å². The molecule has 2 rings (SSSR count). The van der Waals surface area contributed by atoms with Gasteiger partial charge < -0.3 is 5.32 Å². The molecule has 0 bridgehead atoms. The van der Waals surface area contributed by atoms with Crippen molar-refractivity contribution in [3.8, 4) is 0 Å². The molecule has 21 heavy (non-hydrogen) atoms. The molecule has 2 nitrogen and oxygen atoms in total. The first kappa shape index (κ1) is 15.5. The predicted octanol–water partition coefficient (Wildman–Crippen LogP) is 3.78. The fourth-order valence-electron chi connectivity index (χ4n) is 2.18. The Hall–Kier alpha value is -1.88. The largest absolute Gasteiger partial charge is 0.310 e. The van der Waals surface area contributed by atoms with Crippen LogP contribution in [0.25, 0.3) is 0 Å². The maximum atomic E-state index is 14.0. The van der Waals surface area contributed by atoms with Crippen LogP contribution in [0.2, 0.25) is 0 Å². The standard InChI is InChI=1S/C16H17F3N2/c1-2-7-21-14(10-11-5-8-20-9-6-11)12-3-4-13(17)16(19)15(12)18/h3-6,8-9,14,21H,2,7,10H2,1H3.